The van der Waals surface area contributed by atoms with Gasteiger partial charge in [-0.05, 0) is 60.4 Å². The normalized spacial score (nSPS) is 13.1. The van der Waals surface area contributed by atoms with Crippen molar-refractivity contribution in [1.29, 1.82) is 0 Å². The number of alkyl carbamates (subject to hydrolysis) is 1. The Balaban J connectivity index is 4.47. The highest BCUT2D eigenvalue weighted by Gasteiger charge is 2.28. The van der Waals surface area contributed by atoms with Crippen LogP contribution in [0.25, 0.3) is 0 Å². The Bertz CT molecular complexity index is 331. The Morgan fingerprint density at radius 2 is 1.59 bits per heavy atom. The topological polar surface area (TPSA) is 59.6 Å². The fraction of sp³-hybridized carbons (Fsp3) is 0.941. The minimum Gasteiger partial charge on any atom is -0.444 e. The molecule has 0 aliphatic heterocycles. The number of ether oxygens (including phenoxy) is 2. The molecular weight excluding hydrogens is 280 g/mol. The molecule has 0 radical (unpaired) electrons. The van der Waals surface area contributed by atoms with Crippen molar-refractivity contribution in [3.63, 3.8) is 0 Å². The van der Waals surface area contributed by atoms with E-state index >= 15 is 0 Å². The van der Waals surface area contributed by atoms with Gasteiger partial charge in [-0.3, -0.25) is 0 Å². The number of rotatable bonds is 9. The zero-order valence-corrected chi connectivity index (χ0v) is 15.8. The fourth-order valence-electron chi connectivity index (χ4n) is 2.10. The zero-order chi connectivity index (χ0) is 17.4. The van der Waals surface area contributed by atoms with E-state index in [9.17, 15) is 4.79 Å². The van der Waals surface area contributed by atoms with E-state index in [1.165, 1.54) is 0 Å². The third kappa shape index (κ3) is 8.59. The maximum atomic E-state index is 11.8. The smallest absolute Gasteiger partial charge is 0.407 e. The number of carbonyl (C=O) groups is 1. The first kappa shape index (κ1) is 21.2. The number of carbonyl (C=O) groups excluding carboxylic acids is 1. The van der Waals surface area contributed by atoms with Gasteiger partial charge in [0.2, 0.25) is 0 Å². The van der Waals surface area contributed by atoms with Crippen LogP contribution in [0, 0.1) is 0 Å². The van der Waals surface area contributed by atoms with Gasteiger partial charge in [0.15, 0.2) is 0 Å². The Labute approximate surface area is 136 Å². The molecule has 0 aliphatic rings. The molecular formula is C17H36N2O3. The maximum Gasteiger partial charge on any atom is 0.407 e. The van der Waals surface area contributed by atoms with Crippen LogP contribution in [0.1, 0.15) is 67.7 Å². The van der Waals surface area contributed by atoms with E-state index in [4.69, 9.17) is 9.47 Å². The van der Waals surface area contributed by atoms with Crippen LogP contribution in [0.3, 0.4) is 0 Å². The van der Waals surface area contributed by atoms with Gasteiger partial charge in [0.05, 0.1) is 5.60 Å². The second-order valence-electron chi connectivity index (χ2n) is 7.48. The van der Waals surface area contributed by atoms with Crippen LogP contribution < -0.4 is 10.6 Å². The molecule has 5 nitrogen and oxygen atoms in total. The molecule has 0 unspecified atom stereocenters. The van der Waals surface area contributed by atoms with E-state index in [1.54, 1.807) is 7.11 Å². The largest absolute Gasteiger partial charge is 0.444 e. The zero-order valence-electron chi connectivity index (χ0n) is 15.8. The van der Waals surface area contributed by atoms with Crippen molar-refractivity contribution in [2.75, 3.05) is 20.2 Å². The second-order valence-corrected chi connectivity index (χ2v) is 7.48. The molecule has 2 N–H and O–H groups in total. The van der Waals surface area contributed by atoms with Crippen molar-refractivity contribution >= 4 is 6.09 Å². The Kier molecular flexibility index (Phi) is 8.40. The van der Waals surface area contributed by atoms with E-state index in [-0.39, 0.29) is 17.2 Å². The molecule has 0 spiro atoms. The van der Waals surface area contributed by atoms with Crippen LogP contribution in [-0.4, -0.2) is 43.0 Å². The number of nitrogens with one attached hydrogen (secondary N) is 2. The molecule has 22 heavy (non-hydrogen) atoms. The molecule has 0 aromatic heterocycles. The summed E-state index contributed by atoms with van der Waals surface area (Å²) >= 11 is 0. The van der Waals surface area contributed by atoms with Gasteiger partial charge in [-0.25, -0.2) is 4.79 Å². The maximum absolute atomic E-state index is 11.8. The van der Waals surface area contributed by atoms with Crippen molar-refractivity contribution in [2.24, 2.45) is 0 Å². The molecule has 1 amide bonds. The van der Waals surface area contributed by atoms with Gasteiger partial charge in [-0.15, -0.1) is 0 Å². The summed E-state index contributed by atoms with van der Waals surface area (Å²) in [5.74, 6) is 0. The van der Waals surface area contributed by atoms with Crippen LogP contribution >= 0.6 is 0 Å². The molecule has 0 heterocycles. The van der Waals surface area contributed by atoms with E-state index in [2.05, 4.69) is 38.3 Å². The van der Waals surface area contributed by atoms with Gasteiger partial charge in [0.1, 0.15) is 5.60 Å². The summed E-state index contributed by atoms with van der Waals surface area (Å²) in [4.78, 5) is 11.8. The molecule has 0 rings (SSSR count). The standard InChI is InChI=1S/C17H36N2O3/c1-9-17(10-2,19-12-11-16(6,7)21-8)13-18-14(20)22-15(3,4)5/h19H,9-13H2,1-8H3,(H,18,20). The van der Waals surface area contributed by atoms with Gasteiger partial charge in [-0.1, -0.05) is 13.8 Å². The molecule has 0 atom stereocenters. The van der Waals surface area contributed by atoms with Crippen molar-refractivity contribution in [3.8, 4) is 0 Å². The Morgan fingerprint density at radius 3 is 2.00 bits per heavy atom. The van der Waals surface area contributed by atoms with Crippen molar-refractivity contribution < 1.29 is 14.3 Å². The number of methoxy groups -OCH3 is 1. The van der Waals surface area contributed by atoms with Gasteiger partial charge in [-0.2, -0.15) is 0 Å². The first-order valence-electron chi connectivity index (χ1n) is 8.26. The van der Waals surface area contributed by atoms with Gasteiger partial charge in [0.25, 0.3) is 0 Å². The lowest BCUT2D eigenvalue weighted by Gasteiger charge is -2.35. The van der Waals surface area contributed by atoms with E-state index in [1.807, 2.05) is 20.8 Å². The monoisotopic (exact) mass is 316 g/mol. The predicted octanol–water partition coefficient (Wildman–Crippen LogP) is 3.47. The molecule has 0 fully saturated rings. The first-order chi connectivity index (χ1) is 9.99. The minimum absolute atomic E-state index is 0.110. The summed E-state index contributed by atoms with van der Waals surface area (Å²) in [6.07, 6.45) is 2.43. The molecule has 0 bridgehead atoms. The van der Waals surface area contributed by atoms with Gasteiger partial charge < -0.3 is 20.1 Å². The Hall–Kier alpha value is -0.810. The summed E-state index contributed by atoms with van der Waals surface area (Å²) in [5, 5.41) is 6.48. The van der Waals surface area contributed by atoms with Crippen molar-refractivity contribution in [3.05, 3.63) is 0 Å². The first-order valence-corrected chi connectivity index (χ1v) is 8.26. The lowest BCUT2D eigenvalue weighted by Crippen LogP contribution is -2.54. The third-order valence-electron chi connectivity index (χ3n) is 4.10. The highest BCUT2D eigenvalue weighted by molar-refractivity contribution is 5.67. The molecule has 0 saturated carbocycles. The van der Waals surface area contributed by atoms with Crippen LogP contribution in [0.4, 0.5) is 4.79 Å². The van der Waals surface area contributed by atoms with Crippen LogP contribution in [-0.2, 0) is 9.47 Å². The molecule has 5 heteroatoms. The SMILES string of the molecule is CCC(CC)(CNC(=O)OC(C)(C)C)NCCC(C)(C)OC. The van der Waals surface area contributed by atoms with Gasteiger partial charge >= 0.3 is 6.09 Å². The van der Waals surface area contributed by atoms with Crippen molar-refractivity contribution in [2.45, 2.75) is 84.5 Å². The quantitative estimate of drug-likeness (QED) is 0.684. The average molecular weight is 316 g/mol. The highest BCUT2D eigenvalue weighted by atomic mass is 16.6. The fourth-order valence-corrected chi connectivity index (χ4v) is 2.10. The summed E-state index contributed by atoms with van der Waals surface area (Å²) in [6.45, 7) is 15.4. The third-order valence-corrected chi connectivity index (χ3v) is 4.10. The Morgan fingerprint density at radius 1 is 1.05 bits per heavy atom. The minimum atomic E-state index is -0.471. The molecule has 0 aromatic rings. The van der Waals surface area contributed by atoms with E-state index in [0.29, 0.717) is 6.54 Å². The second kappa shape index (κ2) is 8.73. The summed E-state index contributed by atoms with van der Waals surface area (Å²) in [7, 11) is 1.73. The van der Waals surface area contributed by atoms with E-state index < -0.39 is 5.60 Å². The lowest BCUT2D eigenvalue weighted by atomic mass is 9.92. The summed E-state index contributed by atoms with van der Waals surface area (Å²) in [5.41, 5.74) is -0.722. The van der Waals surface area contributed by atoms with E-state index in [0.717, 1.165) is 25.8 Å². The van der Waals surface area contributed by atoms with Crippen molar-refractivity contribution in [1.82, 2.24) is 10.6 Å². The molecule has 0 saturated heterocycles. The van der Waals surface area contributed by atoms with Crippen LogP contribution in [0.15, 0.2) is 0 Å². The number of hydrogen-bond acceptors (Lipinski definition) is 4. The number of hydrogen-bond donors (Lipinski definition) is 2. The average Bonchev–Trinajstić information content (AvgIpc) is 2.41. The van der Waals surface area contributed by atoms with Gasteiger partial charge in [0, 0.05) is 19.2 Å². The summed E-state index contributed by atoms with van der Waals surface area (Å²) < 4.78 is 10.7. The molecule has 0 aromatic carbocycles. The summed E-state index contributed by atoms with van der Waals surface area (Å²) in [6, 6.07) is 0. The lowest BCUT2D eigenvalue weighted by molar-refractivity contribution is 0.0137. The van der Waals surface area contributed by atoms with Crippen LogP contribution in [0.2, 0.25) is 0 Å². The molecule has 132 valence electrons. The van der Waals surface area contributed by atoms with Crippen LogP contribution in [0.5, 0.6) is 0 Å². The molecule has 0 aliphatic carbocycles. The number of amides is 1. The predicted molar refractivity (Wildman–Crippen MR) is 91.3 cm³/mol. The highest BCUT2D eigenvalue weighted by Crippen LogP contribution is 2.17.